The second-order valence-corrected chi connectivity index (χ2v) is 5.88. The summed E-state index contributed by atoms with van der Waals surface area (Å²) in [7, 11) is 0. The number of rotatable bonds is 5. The SMILES string of the molecule is CC(C)C[C@H]1O[C@@H]2OC(C)O[C@@H]2[C@H]1OCc1ccoc1. The average molecular weight is 282 g/mol. The maximum atomic E-state index is 6.03. The van der Waals surface area contributed by atoms with Crippen LogP contribution in [-0.2, 0) is 25.6 Å². The Labute approximate surface area is 119 Å². The highest BCUT2D eigenvalue weighted by Crippen LogP contribution is 2.36. The zero-order chi connectivity index (χ0) is 14.1. The van der Waals surface area contributed by atoms with Gasteiger partial charge in [-0.1, -0.05) is 13.8 Å². The number of hydrogen-bond donors (Lipinski definition) is 0. The second-order valence-electron chi connectivity index (χ2n) is 5.88. The van der Waals surface area contributed by atoms with Crippen molar-refractivity contribution in [3.05, 3.63) is 24.2 Å². The second kappa shape index (κ2) is 5.85. The van der Waals surface area contributed by atoms with Gasteiger partial charge in [0.25, 0.3) is 0 Å². The summed E-state index contributed by atoms with van der Waals surface area (Å²) in [6, 6.07) is 1.90. The van der Waals surface area contributed by atoms with Crippen LogP contribution in [0.3, 0.4) is 0 Å². The molecule has 0 bridgehead atoms. The predicted molar refractivity (Wildman–Crippen MR) is 70.8 cm³/mol. The van der Waals surface area contributed by atoms with E-state index in [1.165, 1.54) is 0 Å². The average Bonchev–Trinajstić information content (AvgIpc) is 3.03. The molecular formula is C15H22O5. The van der Waals surface area contributed by atoms with Crippen LogP contribution >= 0.6 is 0 Å². The topological polar surface area (TPSA) is 50.1 Å². The minimum Gasteiger partial charge on any atom is -0.472 e. The Morgan fingerprint density at radius 1 is 1.25 bits per heavy atom. The summed E-state index contributed by atoms with van der Waals surface area (Å²) in [4.78, 5) is 0. The molecule has 20 heavy (non-hydrogen) atoms. The third-order valence-corrected chi connectivity index (χ3v) is 3.67. The highest BCUT2D eigenvalue weighted by atomic mass is 16.8. The van der Waals surface area contributed by atoms with Gasteiger partial charge in [0.2, 0.25) is 0 Å². The Morgan fingerprint density at radius 3 is 2.80 bits per heavy atom. The highest BCUT2D eigenvalue weighted by Gasteiger charge is 2.51. The molecule has 0 aliphatic carbocycles. The number of ether oxygens (including phenoxy) is 4. The first-order chi connectivity index (χ1) is 9.63. The van der Waals surface area contributed by atoms with Crippen molar-refractivity contribution < 1.29 is 23.4 Å². The first-order valence-electron chi connectivity index (χ1n) is 7.22. The minimum absolute atomic E-state index is 0.0180. The minimum atomic E-state index is -0.303. The van der Waals surface area contributed by atoms with Crippen LogP contribution in [0.25, 0.3) is 0 Å². The van der Waals surface area contributed by atoms with Gasteiger partial charge in [0.1, 0.15) is 12.2 Å². The molecule has 5 atom stereocenters. The van der Waals surface area contributed by atoms with Crippen LogP contribution in [0.1, 0.15) is 32.8 Å². The number of fused-ring (bicyclic) bond motifs is 1. The fourth-order valence-electron chi connectivity index (χ4n) is 2.81. The van der Waals surface area contributed by atoms with Crippen molar-refractivity contribution in [2.75, 3.05) is 0 Å². The third kappa shape index (κ3) is 2.91. The van der Waals surface area contributed by atoms with Gasteiger partial charge < -0.3 is 23.4 Å². The van der Waals surface area contributed by atoms with Gasteiger partial charge in [0, 0.05) is 5.56 Å². The first kappa shape index (κ1) is 14.1. The normalized spacial score (nSPS) is 36.7. The molecule has 3 heterocycles. The molecule has 5 nitrogen and oxygen atoms in total. The van der Waals surface area contributed by atoms with Gasteiger partial charge in [-0.05, 0) is 25.3 Å². The maximum Gasteiger partial charge on any atom is 0.189 e. The first-order valence-corrected chi connectivity index (χ1v) is 7.22. The van der Waals surface area contributed by atoms with E-state index < -0.39 is 0 Å². The molecule has 0 saturated carbocycles. The molecule has 2 aliphatic rings. The summed E-state index contributed by atoms with van der Waals surface area (Å²) in [5, 5.41) is 0. The fourth-order valence-corrected chi connectivity index (χ4v) is 2.81. The van der Waals surface area contributed by atoms with E-state index in [0.29, 0.717) is 12.5 Å². The molecular weight excluding hydrogens is 260 g/mol. The molecule has 1 aromatic rings. The molecule has 2 fully saturated rings. The molecule has 2 aliphatic heterocycles. The standard InChI is InChI=1S/C15H22O5/c1-9(2)6-12-13(17-8-11-4-5-16-7-11)14-15(20-12)19-10(3)18-14/h4-5,7,9-10,12-15H,6,8H2,1-3H3/t10?,12-,13+,14-,15+/m1/s1. The van der Waals surface area contributed by atoms with Crippen molar-refractivity contribution in [2.45, 2.75) is 64.7 Å². The molecule has 0 radical (unpaired) electrons. The Kier molecular flexibility index (Phi) is 4.12. The molecule has 0 amide bonds. The Morgan fingerprint density at radius 2 is 2.10 bits per heavy atom. The molecule has 0 spiro atoms. The predicted octanol–water partition coefficient (Wildman–Crippen LogP) is 2.70. The molecule has 0 N–H and O–H groups in total. The van der Waals surface area contributed by atoms with E-state index in [-0.39, 0.29) is 30.9 Å². The lowest BCUT2D eigenvalue weighted by Crippen LogP contribution is -2.35. The van der Waals surface area contributed by atoms with Crippen molar-refractivity contribution >= 4 is 0 Å². The monoisotopic (exact) mass is 282 g/mol. The van der Waals surface area contributed by atoms with Gasteiger partial charge in [-0.25, -0.2) is 0 Å². The van der Waals surface area contributed by atoms with E-state index in [4.69, 9.17) is 23.4 Å². The molecule has 3 rings (SSSR count). The molecule has 1 aromatic heterocycles. The van der Waals surface area contributed by atoms with E-state index in [2.05, 4.69) is 13.8 Å². The van der Waals surface area contributed by atoms with E-state index in [1.54, 1.807) is 12.5 Å². The van der Waals surface area contributed by atoms with E-state index in [9.17, 15) is 0 Å². The number of hydrogen-bond acceptors (Lipinski definition) is 5. The van der Waals surface area contributed by atoms with Gasteiger partial charge in [-0.2, -0.15) is 0 Å². The fraction of sp³-hybridized carbons (Fsp3) is 0.733. The third-order valence-electron chi connectivity index (χ3n) is 3.67. The van der Waals surface area contributed by atoms with Crippen LogP contribution in [0.5, 0.6) is 0 Å². The Balaban J connectivity index is 1.65. The van der Waals surface area contributed by atoms with Crippen LogP contribution in [-0.4, -0.2) is 30.9 Å². The zero-order valence-electron chi connectivity index (χ0n) is 12.2. The molecule has 2 saturated heterocycles. The summed E-state index contributed by atoms with van der Waals surface area (Å²) in [5.41, 5.74) is 1.02. The lowest BCUT2D eigenvalue weighted by atomic mass is 10.0. The van der Waals surface area contributed by atoms with E-state index >= 15 is 0 Å². The van der Waals surface area contributed by atoms with Crippen LogP contribution in [0.4, 0.5) is 0 Å². The van der Waals surface area contributed by atoms with Gasteiger partial charge >= 0.3 is 0 Å². The maximum absolute atomic E-state index is 6.03. The summed E-state index contributed by atoms with van der Waals surface area (Å²) in [6.45, 7) is 6.73. The van der Waals surface area contributed by atoms with Crippen molar-refractivity contribution in [1.82, 2.24) is 0 Å². The Hall–Kier alpha value is -0.880. The smallest absolute Gasteiger partial charge is 0.189 e. The Bertz CT molecular complexity index is 416. The number of furan rings is 1. The molecule has 112 valence electrons. The molecule has 1 unspecified atom stereocenters. The summed E-state index contributed by atoms with van der Waals surface area (Å²) in [5.74, 6) is 0.538. The molecule has 0 aromatic carbocycles. The largest absolute Gasteiger partial charge is 0.472 e. The lowest BCUT2D eigenvalue weighted by molar-refractivity contribution is -0.170. The summed E-state index contributed by atoms with van der Waals surface area (Å²) >= 11 is 0. The lowest BCUT2D eigenvalue weighted by Gasteiger charge is -2.23. The van der Waals surface area contributed by atoms with Crippen LogP contribution in [0, 0.1) is 5.92 Å². The molecule has 5 heteroatoms. The van der Waals surface area contributed by atoms with E-state index in [1.807, 2.05) is 13.0 Å². The zero-order valence-corrected chi connectivity index (χ0v) is 12.2. The van der Waals surface area contributed by atoms with Crippen molar-refractivity contribution in [3.63, 3.8) is 0 Å². The van der Waals surface area contributed by atoms with Gasteiger partial charge in [0.05, 0.1) is 25.2 Å². The van der Waals surface area contributed by atoms with Crippen LogP contribution in [0.15, 0.2) is 23.0 Å². The summed E-state index contributed by atoms with van der Waals surface area (Å²) < 4.78 is 28.4. The quantitative estimate of drug-likeness (QED) is 0.831. The van der Waals surface area contributed by atoms with E-state index in [0.717, 1.165) is 12.0 Å². The highest BCUT2D eigenvalue weighted by molar-refractivity contribution is 5.04. The van der Waals surface area contributed by atoms with Gasteiger partial charge in [0.15, 0.2) is 12.6 Å². The van der Waals surface area contributed by atoms with Crippen molar-refractivity contribution in [3.8, 4) is 0 Å². The van der Waals surface area contributed by atoms with Gasteiger partial charge in [-0.15, -0.1) is 0 Å². The van der Waals surface area contributed by atoms with Crippen LogP contribution in [0.2, 0.25) is 0 Å². The van der Waals surface area contributed by atoms with Gasteiger partial charge in [-0.3, -0.25) is 0 Å². The van der Waals surface area contributed by atoms with Crippen molar-refractivity contribution in [1.29, 1.82) is 0 Å². The van der Waals surface area contributed by atoms with Crippen LogP contribution < -0.4 is 0 Å². The summed E-state index contributed by atoms with van der Waals surface area (Å²) in [6.07, 6.45) is 3.53. The van der Waals surface area contributed by atoms with Crippen molar-refractivity contribution in [2.24, 2.45) is 5.92 Å².